The molecule has 0 bridgehead atoms. The molecule has 0 unspecified atom stereocenters. The molecule has 0 amide bonds. The maximum Gasteiger partial charge on any atom is 0.268 e. The van der Waals surface area contributed by atoms with Gasteiger partial charge in [0, 0.05) is 11.5 Å². The van der Waals surface area contributed by atoms with E-state index in [0.29, 0.717) is 0 Å². The Balaban J connectivity index is 3.32. The summed E-state index contributed by atoms with van der Waals surface area (Å²) in [6.07, 6.45) is -1.69. The third kappa shape index (κ3) is 2.22. The third-order valence-corrected chi connectivity index (χ3v) is 2.52. The monoisotopic (exact) mass is 317 g/mol. The molecule has 13 heavy (non-hydrogen) atoms. The maximum absolute atomic E-state index is 13.1. The van der Waals surface area contributed by atoms with E-state index in [-0.39, 0.29) is 15.5 Å². The molecule has 0 N–H and O–H groups in total. The Morgan fingerprint density at radius 3 is 2.54 bits per heavy atom. The van der Waals surface area contributed by atoms with Crippen LogP contribution in [0.4, 0.5) is 13.2 Å². The second kappa shape index (κ2) is 4.41. The average Bonchev–Trinajstić information content (AvgIpc) is 2.08. The quantitative estimate of drug-likeness (QED) is 0.756. The Labute approximate surface area is 89.6 Å². The van der Waals surface area contributed by atoms with Crippen molar-refractivity contribution in [3.63, 3.8) is 0 Å². The summed E-state index contributed by atoms with van der Waals surface area (Å²) in [6, 6.07) is 0. The molecule has 0 aliphatic rings. The van der Waals surface area contributed by atoms with Crippen molar-refractivity contribution < 1.29 is 13.2 Å². The lowest BCUT2D eigenvalue weighted by atomic mass is 10.2. The molecule has 0 radical (unpaired) electrons. The van der Waals surface area contributed by atoms with Gasteiger partial charge in [-0.15, -0.1) is 0 Å². The molecule has 0 fully saturated rings. The first kappa shape index (κ1) is 11.0. The summed E-state index contributed by atoms with van der Waals surface area (Å²) in [6.45, 7) is 0. The van der Waals surface area contributed by atoms with Crippen molar-refractivity contribution in [1.29, 1.82) is 0 Å². The predicted molar refractivity (Wildman–Crippen MR) is 49.5 cm³/mol. The summed E-state index contributed by atoms with van der Waals surface area (Å²) < 4.78 is 37.7. The second-order valence-corrected chi connectivity index (χ2v) is 3.63. The van der Waals surface area contributed by atoms with Crippen LogP contribution in [0.15, 0.2) is 10.7 Å². The van der Waals surface area contributed by atoms with Gasteiger partial charge >= 0.3 is 0 Å². The summed E-state index contributed by atoms with van der Waals surface area (Å²) in [7, 11) is 0. The Bertz CT molecular complexity index is 317. The average molecular weight is 319 g/mol. The van der Waals surface area contributed by atoms with Gasteiger partial charge in [-0.3, -0.25) is 4.98 Å². The van der Waals surface area contributed by atoms with Gasteiger partial charge in [-0.05, 0) is 15.9 Å². The van der Waals surface area contributed by atoms with Gasteiger partial charge in [0.05, 0.1) is 15.7 Å². The number of pyridine rings is 1. The maximum atomic E-state index is 13.1. The summed E-state index contributed by atoms with van der Waals surface area (Å²) >= 11 is 5.75. The smallest absolute Gasteiger partial charge is 0.259 e. The van der Waals surface area contributed by atoms with Gasteiger partial charge in [-0.2, -0.15) is 0 Å². The van der Waals surface area contributed by atoms with Crippen LogP contribution in [0.25, 0.3) is 0 Å². The van der Waals surface area contributed by atoms with E-state index in [1.807, 2.05) is 0 Å². The van der Waals surface area contributed by atoms with Crippen LogP contribution in [-0.4, -0.2) is 4.98 Å². The molecule has 72 valence electrons. The molecule has 1 rings (SSSR count). The van der Waals surface area contributed by atoms with Crippen molar-refractivity contribution in [3.8, 4) is 0 Å². The summed E-state index contributed by atoms with van der Waals surface area (Å²) in [5, 5.41) is 0.108. The fourth-order valence-electron chi connectivity index (χ4n) is 0.844. The summed E-state index contributed by atoms with van der Waals surface area (Å²) in [4.78, 5) is 3.67. The summed E-state index contributed by atoms with van der Waals surface area (Å²) in [5.41, 5.74) is -0.623. The molecule has 0 aliphatic heterocycles. The SMILES string of the molecule is Fc1c(Br)cnc(CBr)c1C(F)F. The molecular weight excluding hydrogens is 315 g/mol. The summed E-state index contributed by atoms with van der Waals surface area (Å²) in [5.74, 6) is -0.945. The molecule has 0 atom stereocenters. The number of rotatable bonds is 2. The Kier molecular flexibility index (Phi) is 3.73. The van der Waals surface area contributed by atoms with Crippen LogP contribution >= 0.6 is 31.9 Å². The minimum Gasteiger partial charge on any atom is -0.259 e. The van der Waals surface area contributed by atoms with E-state index >= 15 is 0 Å². The first-order valence-electron chi connectivity index (χ1n) is 3.24. The van der Waals surface area contributed by atoms with Gasteiger partial charge in [0.15, 0.2) is 0 Å². The molecule has 0 saturated heterocycles. The molecule has 6 heteroatoms. The number of alkyl halides is 3. The molecule has 1 aromatic heterocycles. The number of halogens is 5. The van der Waals surface area contributed by atoms with Crippen molar-refractivity contribution in [1.82, 2.24) is 4.98 Å². The predicted octanol–water partition coefficient (Wildman–Crippen LogP) is 3.82. The molecule has 1 nitrogen and oxygen atoms in total. The molecular formula is C7H4Br2F3N. The van der Waals surface area contributed by atoms with E-state index in [1.165, 1.54) is 0 Å². The van der Waals surface area contributed by atoms with Gasteiger partial charge in [-0.25, -0.2) is 13.2 Å². The molecule has 0 spiro atoms. The zero-order valence-electron chi connectivity index (χ0n) is 6.20. The minimum atomic E-state index is -2.85. The van der Waals surface area contributed by atoms with Gasteiger partial charge in [-0.1, -0.05) is 15.9 Å². The first-order chi connectivity index (χ1) is 6.07. The number of nitrogens with zero attached hydrogens (tertiary/aromatic N) is 1. The number of aromatic nitrogens is 1. The normalized spacial score (nSPS) is 10.9. The van der Waals surface area contributed by atoms with Crippen LogP contribution in [0, 0.1) is 5.82 Å². The number of hydrogen-bond acceptors (Lipinski definition) is 1. The fourth-order valence-corrected chi connectivity index (χ4v) is 1.61. The van der Waals surface area contributed by atoms with Crippen molar-refractivity contribution in [2.75, 3.05) is 0 Å². The Morgan fingerprint density at radius 2 is 2.08 bits per heavy atom. The van der Waals surface area contributed by atoms with E-state index in [9.17, 15) is 13.2 Å². The van der Waals surface area contributed by atoms with E-state index in [0.717, 1.165) is 6.20 Å². The lowest BCUT2D eigenvalue weighted by molar-refractivity contribution is 0.144. The van der Waals surface area contributed by atoms with Crippen LogP contribution in [0.5, 0.6) is 0 Å². The topological polar surface area (TPSA) is 12.9 Å². The van der Waals surface area contributed by atoms with Crippen LogP contribution in [-0.2, 0) is 5.33 Å². The highest BCUT2D eigenvalue weighted by molar-refractivity contribution is 9.10. The van der Waals surface area contributed by atoms with Crippen molar-refractivity contribution in [3.05, 3.63) is 27.7 Å². The zero-order chi connectivity index (χ0) is 10.0. The fraction of sp³-hybridized carbons (Fsp3) is 0.286. The van der Waals surface area contributed by atoms with Crippen molar-refractivity contribution in [2.45, 2.75) is 11.8 Å². The second-order valence-electron chi connectivity index (χ2n) is 2.21. The van der Waals surface area contributed by atoms with E-state index < -0.39 is 17.8 Å². The van der Waals surface area contributed by atoms with Crippen LogP contribution < -0.4 is 0 Å². The van der Waals surface area contributed by atoms with E-state index in [2.05, 4.69) is 36.8 Å². The third-order valence-electron chi connectivity index (χ3n) is 1.44. The zero-order valence-corrected chi connectivity index (χ0v) is 9.37. The first-order valence-corrected chi connectivity index (χ1v) is 5.16. The molecule has 0 aromatic carbocycles. The molecule has 0 aliphatic carbocycles. The van der Waals surface area contributed by atoms with Gasteiger partial charge in [0.2, 0.25) is 0 Å². The van der Waals surface area contributed by atoms with Gasteiger partial charge in [0.25, 0.3) is 6.43 Å². The lowest BCUT2D eigenvalue weighted by Crippen LogP contribution is -2.00. The highest BCUT2D eigenvalue weighted by Crippen LogP contribution is 2.29. The minimum absolute atomic E-state index is 0.0238. The molecule has 0 saturated carbocycles. The highest BCUT2D eigenvalue weighted by atomic mass is 79.9. The van der Waals surface area contributed by atoms with Crippen LogP contribution in [0.2, 0.25) is 0 Å². The van der Waals surface area contributed by atoms with Gasteiger partial charge in [0.1, 0.15) is 5.82 Å². The Hall–Kier alpha value is -0.100. The number of hydrogen-bond donors (Lipinski definition) is 0. The largest absolute Gasteiger partial charge is 0.268 e. The molecule has 1 heterocycles. The van der Waals surface area contributed by atoms with Gasteiger partial charge < -0.3 is 0 Å². The van der Waals surface area contributed by atoms with Crippen molar-refractivity contribution in [2.24, 2.45) is 0 Å². The van der Waals surface area contributed by atoms with Crippen LogP contribution in [0.3, 0.4) is 0 Å². The Morgan fingerprint density at radius 1 is 1.46 bits per heavy atom. The lowest BCUT2D eigenvalue weighted by Gasteiger charge is -2.07. The van der Waals surface area contributed by atoms with E-state index in [1.54, 1.807) is 0 Å². The molecule has 1 aromatic rings. The standard InChI is InChI=1S/C7H4Br2F3N/c8-1-4-5(7(11)12)6(10)3(9)2-13-4/h2,7H,1H2. The van der Waals surface area contributed by atoms with Crippen molar-refractivity contribution >= 4 is 31.9 Å². The highest BCUT2D eigenvalue weighted by Gasteiger charge is 2.20. The van der Waals surface area contributed by atoms with E-state index in [4.69, 9.17) is 0 Å². The van der Waals surface area contributed by atoms with Crippen LogP contribution in [0.1, 0.15) is 17.7 Å².